The van der Waals surface area contributed by atoms with Crippen LogP contribution in [0.15, 0.2) is 39.0 Å². The molecule has 0 bridgehead atoms. The van der Waals surface area contributed by atoms with Crippen molar-refractivity contribution in [3.05, 3.63) is 41.7 Å². The summed E-state index contributed by atoms with van der Waals surface area (Å²) in [5.41, 5.74) is 2.20. The number of fused-ring (bicyclic) bond motifs is 1. The quantitative estimate of drug-likeness (QED) is 0.782. The lowest BCUT2D eigenvalue weighted by Gasteiger charge is -2.32. The molecule has 0 saturated heterocycles. The molecule has 1 unspecified atom stereocenters. The molecule has 3 N–H and O–H groups in total. The Morgan fingerprint density at radius 2 is 2.17 bits per heavy atom. The highest BCUT2D eigenvalue weighted by Gasteiger charge is 2.30. The summed E-state index contributed by atoms with van der Waals surface area (Å²) in [6, 6.07) is 5.79. The summed E-state index contributed by atoms with van der Waals surface area (Å²) in [6.45, 7) is 4.44. The molecule has 0 aliphatic carbocycles. The second-order valence-electron chi connectivity index (χ2n) is 5.23. The van der Waals surface area contributed by atoms with Crippen LogP contribution < -0.4 is 10.5 Å². The minimum absolute atomic E-state index is 0.102. The highest BCUT2D eigenvalue weighted by Crippen LogP contribution is 2.44. The van der Waals surface area contributed by atoms with E-state index in [1.165, 1.54) is 16.9 Å². The van der Waals surface area contributed by atoms with Crippen molar-refractivity contribution >= 4 is 33.3 Å². The summed E-state index contributed by atoms with van der Waals surface area (Å²) in [5.74, 6) is 0. The van der Waals surface area contributed by atoms with Gasteiger partial charge in [-0.1, -0.05) is 6.92 Å². The number of sulfonamides is 1. The lowest BCUT2D eigenvalue weighted by Crippen LogP contribution is -2.34. The molecule has 1 aliphatic rings. The Bertz CT molecular complexity index is 777. The highest BCUT2D eigenvalue weighted by molar-refractivity contribution is 7.99. The van der Waals surface area contributed by atoms with Crippen LogP contribution in [-0.4, -0.2) is 30.8 Å². The SMILES string of the molecule is CCNC1CN(Cc2ccncc2)Sc2sc(S(N)(=O)=O)cc21. The van der Waals surface area contributed by atoms with Crippen molar-refractivity contribution < 1.29 is 8.42 Å². The Kier molecular flexibility index (Phi) is 5.04. The zero-order valence-electron chi connectivity index (χ0n) is 12.6. The molecule has 0 fully saturated rings. The van der Waals surface area contributed by atoms with E-state index in [-0.39, 0.29) is 10.3 Å². The van der Waals surface area contributed by atoms with Crippen LogP contribution >= 0.6 is 23.3 Å². The molecule has 3 rings (SSSR count). The Labute approximate surface area is 144 Å². The second-order valence-corrected chi connectivity index (χ2v) is 9.44. The van der Waals surface area contributed by atoms with Gasteiger partial charge in [-0.25, -0.2) is 17.9 Å². The van der Waals surface area contributed by atoms with E-state index in [1.54, 1.807) is 30.4 Å². The van der Waals surface area contributed by atoms with Gasteiger partial charge in [0, 0.05) is 31.5 Å². The van der Waals surface area contributed by atoms with Crippen LogP contribution in [0.4, 0.5) is 0 Å². The number of nitrogens with zero attached hydrogens (tertiary/aromatic N) is 2. The Balaban J connectivity index is 1.87. The van der Waals surface area contributed by atoms with Crippen molar-refractivity contribution in [1.82, 2.24) is 14.6 Å². The predicted molar refractivity (Wildman–Crippen MR) is 92.6 cm³/mol. The molecule has 1 aliphatic heterocycles. The molecular weight excluding hydrogens is 352 g/mol. The minimum Gasteiger partial charge on any atom is -0.309 e. The number of pyridine rings is 1. The number of rotatable bonds is 5. The van der Waals surface area contributed by atoms with Crippen LogP contribution in [0, 0.1) is 0 Å². The first kappa shape index (κ1) is 16.9. The number of likely N-dealkylation sites (N-methyl/N-ethyl adjacent to an activating group) is 1. The van der Waals surface area contributed by atoms with E-state index < -0.39 is 10.0 Å². The summed E-state index contributed by atoms with van der Waals surface area (Å²) < 4.78 is 26.7. The maximum absolute atomic E-state index is 11.6. The van der Waals surface area contributed by atoms with Gasteiger partial charge in [0.1, 0.15) is 4.21 Å². The van der Waals surface area contributed by atoms with E-state index in [2.05, 4.69) is 14.6 Å². The largest absolute Gasteiger partial charge is 0.309 e. The van der Waals surface area contributed by atoms with Crippen molar-refractivity contribution in [1.29, 1.82) is 0 Å². The highest BCUT2D eigenvalue weighted by atomic mass is 32.3. The van der Waals surface area contributed by atoms with Crippen LogP contribution in [0.25, 0.3) is 0 Å². The third-order valence-electron chi connectivity index (χ3n) is 3.52. The number of hydrogen-bond acceptors (Lipinski definition) is 7. The first-order chi connectivity index (χ1) is 11.0. The molecular formula is C14H18N4O2S3. The third-order valence-corrected chi connectivity index (χ3v) is 7.29. The molecule has 2 aromatic rings. The average molecular weight is 371 g/mol. The van der Waals surface area contributed by atoms with Gasteiger partial charge in [0.25, 0.3) is 0 Å². The number of hydrogen-bond donors (Lipinski definition) is 2. The van der Waals surface area contributed by atoms with E-state index in [0.29, 0.717) is 0 Å². The zero-order chi connectivity index (χ0) is 16.4. The molecule has 0 amide bonds. The first-order valence-electron chi connectivity index (χ1n) is 7.19. The molecule has 3 heterocycles. The summed E-state index contributed by atoms with van der Waals surface area (Å²) in [4.78, 5) is 4.03. The van der Waals surface area contributed by atoms with E-state index in [4.69, 9.17) is 5.14 Å². The van der Waals surface area contributed by atoms with Gasteiger partial charge in [0.15, 0.2) is 0 Å². The lowest BCUT2D eigenvalue weighted by molar-refractivity contribution is 0.376. The van der Waals surface area contributed by atoms with Crippen molar-refractivity contribution in [2.24, 2.45) is 5.14 Å². The van der Waals surface area contributed by atoms with E-state index in [9.17, 15) is 8.42 Å². The zero-order valence-corrected chi connectivity index (χ0v) is 15.0. The number of nitrogens with one attached hydrogen (secondary N) is 1. The van der Waals surface area contributed by atoms with E-state index in [0.717, 1.165) is 29.4 Å². The molecule has 0 radical (unpaired) electrons. The summed E-state index contributed by atoms with van der Waals surface area (Å²) in [7, 11) is -3.66. The van der Waals surface area contributed by atoms with Gasteiger partial charge < -0.3 is 5.32 Å². The second kappa shape index (κ2) is 6.88. The van der Waals surface area contributed by atoms with Gasteiger partial charge in [-0.3, -0.25) is 4.98 Å². The Morgan fingerprint density at radius 3 is 2.83 bits per heavy atom. The van der Waals surface area contributed by atoms with Gasteiger partial charge in [-0.15, -0.1) is 11.3 Å². The van der Waals surface area contributed by atoms with E-state index >= 15 is 0 Å². The van der Waals surface area contributed by atoms with Crippen LogP contribution in [0.3, 0.4) is 0 Å². The molecule has 1 atom stereocenters. The van der Waals surface area contributed by atoms with Crippen molar-refractivity contribution in [3.63, 3.8) is 0 Å². The summed E-state index contributed by atoms with van der Waals surface area (Å²) in [6.07, 6.45) is 3.56. The smallest absolute Gasteiger partial charge is 0.247 e. The monoisotopic (exact) mass is 370 g/mol. The lowest BCUT2D eigenvalue weighted by atomic mass is 10.1. The van der Waals surface area contributed by atoms with E-state index in [1.807, 2.05) is 19.1 Å². The standard InChI is InChI=1S/C14H18N4O2S3/c1-2-17-12-9-18(8-10-3-5-16-6-4-10)22-14-11(12)7-13(21-14)23(15,19)20/h3-7,12,17H,2,8-9H2,1H3,(H2,15,19,20). The maximum atomic E-state index is 11.6. The fourth-order valence-corrected chi connectivity index (χ4v) is 6.05. The molecule has 0 aromatic carbocycles. The van der Waals surface area contributed by atoms with Crippen molar-refractivity contribution in [2.75, 3.05) is 13.1 Å². The van der Waals surface area contributed by atoms with Gasteiger partial charge in [-0.2, -0.15) is 0 Å². The number of nitrogens with two attached hydrogens (primary N) is 1. The van der Waals surface area contributed by atoms with Crippen LogP contribution in [0.1, 0.15) is 24.1 Å². The first-order valence-corrected chi connectivity index (χ1v) is 10.3. The maximum Gasteiger partial charge on any atom is 0.247 e. The van der Waals surface area contributed by atoms with Crippen LogP contribution in [0.2, 0.25) is 0 Å². The number of aromatic nitrogens is 1. The third kappa shape index (κ3) is 3.93. The minimum atomic E-state index is -3.66. The van der Waals surface area contributed by atoms with Crippen molar-refractivity contribution in [2.45, 2.75) is 27.9 Å². The summed E-state index contributed by atoms with van der Waals surface area (Å²) in [5, 5.41) is 8.70. The molecule has 6 nitrogen and oxygen atoms in total. The average Bonchev–Trinajstić information content (AvgIpc) is 2.93. The molecule has 124 valence electrons. The molecule has 9 heteroatoms. The Morgan fingerprint density at radius 1 is 1.43 bits per heavy atom. The van der Waals surface area contributed by atoms with Crippen LogP contribution in [0.5, 0.6) is 0 Å². The number of primary sulfonamides is 1. The molecule has 0 spiro atoms. The number of thiophene rings is 1. The van der Waals surface area contributed by atoms with Crippen molar-refractivity contribution in [3.8, 4) is 0 Å². The summed E-state index contributed by atoms with van der Waals surface area (Å²) >= 11 is 2.83. The Hall–Kier alpha value is -0.970. The molecule has 2 aromatic heterocycles. The van der Waals surface area contributed by atoms with Gasteiger partial charge in [-0.05, 0) is 47.8 Å². The fraction of sp³-hybridized carbons (Fsp3) is 0.357. The van der Waals surface area contributed by atoms with Gasteiger partial charge >= 0.3 is 0 Å². The normalized spacial score (nSPS) is 18.8. The van der Waals surface area contributed by atoms with Crippen LogP contribution in [-0.2, 0) is 16.6 Å². The molecule has 0 saturated carbocycles. The van der Waals surface area contributed by atoms with Gasteiger partial charge in [0.05, 0.1) is 4.21 Å². The fourth-order valence-electron chi connectivity index (χ4n) is 2.49. The topological polar surface area (TPSA) is 88.3 Å². The molecule has 23 heavy (non-hydrogen) atoms. The predicted octanol–water partition coefficient (Wildman–Crippen LogP) is 1.96. The van der Waals surface area contributed by atoms with Gasteiger partial charge in [0.2, 0.25) is 10.0 Å².